The quantitative estimate of drug-likeness (QED) is 0.735. The molecule has 0 bridgehead atoms. The van der Waals surface area contributed by atoms with Crippen molar-refractivity contribution < 1.29 is 4.79 Å². The monoisotopic (exact) mass is 291 g/mol. The Morgan fingerprint density at radius 3 is 2.71 bits per heavy atom. The first-order chi connectivity index (χ1) is 9.92. The topological polar surface area (TPSA) is 113 Å². The molecule has 2 heterocycles. The smallest absolute Gasteiger partial charge is 0.328 e. The molecule has 2 rings (SSSR count). The third kappa shape index (κ3) is 3.10. The lowest BCUT2D eigenvalue weighted by atomic mass is 10.2. The van der Waals surface area contributed by atoms with E-state index >= 15 is 0 Å². The summed E-state index contributed by atoms with van der Waals surface area (Å²) in [5.74, 6) is 0.0809. The molecule has 0 aliphatic carbocycles. The number of hydrogen-bond acceptors (Lipinski definition) is 4. The molecule has 2 aromatic rings. The van der Waals surface area contributed by atoms with Crippen molar-refractivity contribution in [3.63, 3.8) is 0 Å². The van der Waals surface area contributed by atoms with Gasteiger partial charge in [0.15, 0.2) is 0 Å². The van der Waals surface area contributed by atoms with Gasteiger partial charge in [0.25, 0.3) is 11.5 Å². The van der Waals surface area contributed by atoms with Crippen molar-refractivity contribution in [3.8, 4) is 0 Å². The number of carbonyl (C=O) groups is 1. The van der Waals surface area contributed by atoms with Gasteiger partial charge in [-0.3, -0.25) is 14.6 Å². The number of hydrogen-bond donors (Lipinski definition) is 3. The number of aromatic nitrogens is 4. The molecule has 3 N–H and O–H groups in total. The third-order valence-electron chi connectivity index (χ3n) is 3.12. The van der Waals surface area contributed by atoms with Gasteiger partial charge in [0.2, 0.25) is 0 Å². The zero-order chi connectivity index (χ0) is 15.6. The van der Waals surface area contributed by atoms with Crippen molar-refractivity contribution in [3.05, 3.63) is 50.3 Å². The summed E-state index contributed by atoms with van der Waals surface area (Å²) in [6.45, 7) is 3.76. The zero-order valence-corrected chi connectivity index (χ0v) is 12.1. The second-order valence-electron chi connectivity index (χ2n) is 4.80. The van der Waals surface area contributed by atoms with Gasteiger partial charge in [0.05, 0.1) is 6.04 Å². The molecule has 0 saturated heterocycles. The molecule has 0 aliphatic rings. The van der Waals surface area contributed by atoms with Crippen molar-refractivity contribution in [1.29, 1.82) is 0 Å². The highest BCUT2D eigenvalue weighted by Gasteiger charge is 2.19. The lowest BCUT2D eigenvalue weighted by Gasteiger charge is -2.14. The van der Waals surface area contributed by atoms with E-state index in [0.29, 0.717) is 12.2 Å². The molecule has 112 valence electrons. The molecule has 2 aromatic heterocycles. The molecular formula is C13H17N5O3. The molecule has 1 amide bonds. The predicted octanol–water partition coefficient (Wildman–Crippen LogP) is -0.0138. The summed E-state index contributed by atoms with van der Waals surface area (Å²) in [5.41, 5.74) is -0.497. The molecule has 0 radical (unpaired) electrons. The van der Waals surface area contributed by atoms with Crippen molar-refractivity contribution in [1.82, 2.24) is 24.8 Å². The average molecular weight is 291 g/mol. The second kappa shape index (κ2) is 5.78. The van der Waals surface area contributed by atoms with Crippen LogP contribution in [0, 0.1) is 6.92 Å². The molecular weight excluding hydrogens is 274 g/mol. The fraction of sp³-hybridized carbons (Fsp3) is 0.385. The van der Waals surface area contributed by atoms with Crippen molar-refractivity contribution in [2.75, 3.05) is 0 Å². The van der Waals surface area contributed by atoms with Crippen molar-refractivity contribution in [2.45, 2.75) is 26.3 Å². The van der Waals surface area contributed by atoms with Gasteiger partial charge in [-0.2, -0.15) is 0 Å². The van der Waals surface area contributed by atoms with Crippen LogP contribution in [0.2, 0.25) is 0 Å². The summed E-state index contributed by atoms with van der Waals surface area (Å²) >= 11 is 0. The summed E-state index contributed by atoms with van der Waals surface area (Å²) in [5, 5.41) is 2.73. The molecule has 0 aromatic carbocycles. The van der Waals surface area contributed by atoms with E-state index in [4.69, 9.17) is 0 Å². The minimum Gasteiger partial charge on any atom is -0.344 e. The largest absolute Gasteiger partial charge is 0.344 e. The van der Waals surface area contributed by atoms with Gasteiger partial charge in [-0.05, 0) is 13.3 Å². The van der Waals surface area contributed by atoms with Crippen molar-refractivity contribution in [2.24, 2.45) is 7.05 Å². The third-order valence-corrected chi connectivity index (χ3v) is 3.12. The van der Waals surface area contributed by atoms with Gasteiger partial charge in [0, 0.05) is 25.1 Å². The first kappa shape index (κ1) is 14.8. The van der Waals surface area contributed by atoms with E-state index in [1.165, 1.54) is 13.2 Å². The Bertz CT molecular complexity index is 771. The van der Waals surface area contributed by atoms with E-state index < -0.39 is 17.2 Å². The Morgan fingerprint density at radius 2 is 2.14 bits per heavy atom. The van der Waals surface area contributed by atoms with E-state index in [0.717, 1.165) is 10.3 Å². The molecule has 0 aliphatic heterocycles. The number of aromatic amines is 2. The van der Waals surface area contributed by atoms with Crippen LogP contribution < -0.4 is 16.6 Å². The van der Waals surface area contributed by atoms with Crippen LogP contribution in [0.4, 0.5) is 0 Å². The maximum atomic E-state index is 12.2. The number of nitrogens with zero attached hydrogens (tertiary/aromatic N) is 2. The maximum absolute atomic E-state index is 12.2. The van der Waals surface area contributed by atoms with Gasteiger partial charge in [-0.15, -0.1) is 0 Å². The van der Waals surface area contributed by atoms with Crippen LogP contribution in [0.3, 0.4) is 0 Å². The molecule has 0 fully saturated rings. The molecule has 0 unspecified atom stereocenters. The van der Waals surface area contributed by atoms with Gasteiger partial charge >= 0.3 is 5.69 Å². The van der Waals surface area contributed by atoms with Crippen LogP contribution >= 0.6 is 0 Å². The van der Waals surface area contributed by atoms with E-state index in [2.05, 4.69) is 20.3 Å². The van der Waals surface area contributed by atoms with E-state index in [1.54, 1.807) is 6.20 Å². The second-order valence-corrected chi connectivity index (χ2v) is 4.80. The van der Waals surface area contributed by atoms with Crippen LogP contribution in [-0.2, 0) is 7.05 Å². The zero-order valence-electron chi connectivity index (χ0n) is 12.1. The summed E-state index contributed by atoms with van der Waals surface area (Å²) in [6, 6.07) is -0.331. The summed E-state index contributed by atoms with van der Waals surface area (Å²) in [7, 11) is 1.46. The predicted molar refractivity (Wildman–Crippen MR) is 76.1 cm³/mol. The van der Waals surface area contributed by atoms with Crippen LogP contribution in [0.15, 0.2) is 22.0 Å². The molecule has 0 spiro atoms. The van der Waals surface area contributed by atoms with Crippen LogP contribution in [0.25, 0.3) is 0 Å². The molecule has 8 nitrogen and oxygen atoms in total. The number of rotatable bonds is 4. The van der Waals surface area contributed by atoms with E-state index in [9.17, 15) is 14.4 Å². The molecule has 0 saturated carbocycles. The first-order valence-electron chi connectivity index (χ1n) is 6.54. The number of carbonyl (C=O) groups excluding carboxylic acids is 1. The highest BCUT2D eigenvalue weighted by atomic mass is 16.2. The lowest BCUT2D eigenvalue weighted by molar-refractivity contribution is 0.0931. The Hall–Kier alpha value is -2.64. The highest BCUT2D eigenvalue weighted by Crippen LogP contribution is 2.13. The summed E-state index contributed by atoms with van der Waals surface area (Å²) < 4.78 is 1.15. The SMILES string of the molecule is CC[C@@H](NC(=O)c1cn(C)c(=O)[nH]c1=O)c1ncc(C)[nH]1. The van der Waals surface area contributed by atoms with Crippen LogP contribution in [0.1, 0.15) is 41.3 Å². The Balaban J connectivity index is 2.26. The van der Waals surface area contributed by atoms with E-state index in [-0.39, 0.29) is 11.6 Å². The van der Waals surface area contributed by atoms with Crippen molar-refractivity contribution >= 4 is 5.91 Å². The summed E-state index contributed by atoms with van der Waals surface area (Å²) in [6.07, 6.45) is 3.50. The van der Waals surface area contributed by atoms with Gasteiger partial charge in [-0.1, -0.05) is 6.92 Å². The first-order valence-corrected chi connectivity index (χ1v) is 6.54. The molecule has 1 atom stereocenters. The number of imidazole rings is 1. The minimum absolute atomic E-state index is 0.112. The Kier molecular flexibility index (Phi) is 4.06. The lowest BCUT2D eigenvalue weighted by Crippen LogP contribution is -2.37. The Morgan fingerprint density at radius 1 is 1.43 bits per heavy atom. The van der Waals surface area contributed by atoms with Gasteiger partial charge < -0.3 is 14.9 Å². The number of nitrogens with one attached hydrogen (secondary N) is 3. The standard InChI is InChI=1S/C13H17N5O3/c1-4-9(10-14-5-7(2)15-10)16-11(19)8-6-18(3)13(21)17-12(8)20/h5-6,9H,4H2,1-3H3,(H,14,15)(H,16,19)(H,17,20,21)/t9-/m1/s1. The maximum Gasteiger partial charge on any atom is 0.328 e. The van der Waals surface area contributed by atoms with Crippen LogP contribution in [-0.4, -0.2) is 25.4 Å². The minimum atomic E-state index is -0.707. The van der Waals surface area contributed by atoms with Crippen LogP contribution in [0.5, 0.6) is 0 Å². The van der Waals surface area contributed by atoms with Gasteiger partial charge in [-0.25, -0.2) is 9.78 Å². The Labute approximate surface area is 120 Å². The van der Waals surface area contributed by atoms with Gasteiger partial charge in [0.1, 0.15) is 11.4 Å². The number of aryl methyl sites for hydroxylation is 2. The van der Waals surface area contributed by atoms with E-state index in [1.807, 2.05) is 13.8 Å². The molecule has 21 heavy (non-hydrogen) atoms. The normalized spacial score (nSPS) is 12.1. The summed E-state index contributed by atoms with van der Waals surface area (Å²) in [4.78, 5) is 44.5. The number of amides is 1. The highest BCUT2D eigenvalue weighted by molar-refractivity contribution is 5.93. The average Bonchev–Trinajstić information content (AvgIpc) is 2.86. The number of H-pyrrole nitrogens is 2. The molecule has 8 heteroatoms. The fourth-order valence-corrected chi connectivity index (χ4v) is 1.94. The fourth-order valence-electron chi connectivity index (χ4n) is 1.94.